The SMILES string of the molecule is CCOc1ccc2c(c1)sc(=NC(=O)C1CCCN1S(=O)(=O)c1ccc(F)cc1)n2CCSC. The van der Waals surface area contributed by atoms with E-state index in [9.17, 15) is 17.6 Å². The van der Waals surface area contributed by atoms with Crippen LogP contribution in [0.25, 0.3) is 10.2 Å². The van der Waals surface area contributed by atoms with Crippen molar-refractivity contribution < 1.29 is 22.3 Å². The lowest BCUT2D eigenvalue weighted by atomic mass is 10.2. The van der Waals surface area contributed by atoms with Crippen molar-refractivity contribution in [1.82, 2.24) is 8.87 Å². The average molecular weight is 524 g/mol. The second-order valence-electron chi connectivity index (χ2n) is 7.77. The Morgan fingerprint density at radius 2 is 2.03 bits per heavy atom. The van der Waals surface area contributed by atoms with Gasteiger partial charge in [-0.1, -0.05) is 11.3 Å². The van der Waals surface area contributed by atoms with Gasteiger partial charge in [0.25, 0.3) is 5.91 Å². The first kappa shape index (κ1) is 24.9. The number of hydrogen-bond acceptors (Lipinski definition) is 6. The van der Waals surface area contributed by atoms with Gasteiger partial charge in [-0.2, -0.15) is 21.1 Å². The summed E-state index contributed by atoms with van der Waals surface area (Å²) in [4.78, 5) is 18.2. The fourth-order valence-corrected chi connectivity index (χ4v) is 7.09. The van der Waals surface area contributed by atoms with E-state index < -0.39 is 27.8 Å². The molecule has 0 spiro atoms. The summed E-state index contributed by atoms with van der Waals surface area (Å²) in [6, 6.07) is 9.56. The molecule has 0 radical (unpaired) electrons. The fourth-order valence-electron chi connectivity index (χ4n) is 3.98. The summed E-state index contributed by atoms with van der Waals surface area (Å²) in [5.74, 6) is 0.584. The Morgan fingerprint density at radius 1 is 1.26 bits per heavy atom. The largest absolute Gasteiger partial charge is 0.494 e. The summed E-state index contributed by atoms with van der Waals surface area (Å²) in [7, 11) is -3.94. The molecular formula is C23H26FN3O4S3. The molecule has 1 aliphatic heterocycles. The zero-order chi connectivity index (χ0) is 24.3. The van der Waals surface area contributed by atoms with E-state index in [-0.39, 0.29) is 11.4 Å². The topological polar surface area (TPSA) is 81.0 Å². The minimum atomic E-state index is -3.94. The van der Waals surface area contributed by atoms with Crippen LogP contribution in [0.4, 0.5) is 4.39 Å². The summed E-state index contributed by atoms with van der Waals surface area (Å²) in [6.45, 7) is 3.37. The highest BCUT2D eigenvalue weighted by molar-refractivity contribution is 7.98. The first-order valence-corrected chi connectivity index (χ1v) is 14.6. The van der Waals surface area contributed by atoms with Gasteiger partial charge in [-0.25, -0.2) is 12.8 Å². The minimum Gasteiger partial charge on any atom is -0.494 e. The van der Waals surface area contributed by atoms with E-state index in [0.717, 1.165) is 33.9 Å². The Balaban J connectivity index is 1.70. The van der Waals surface area contributed by atoms with Crippen molar-refractivity contribution in [3.63, 3.8) is 0 Å². The number of aromatic nitrogens is 1. The smallest absolute Gasteiger partial charge is 0.266 e. The third kappa shape index (κ3) is 5.07. The molecule has 7 nitrogen and oxygen atoms in total. The van der Waals surface area contributed by atoms with E-state index in [1.165, 1.54) is 27.8 Å². The number of sulfonamides is 1. The summed E-state index contributed by atoms with van der Waals surface area (Å²) in [6.07, 6.45) is 2.97. The lowest BCUT2D eigenvalue weighted by Gasteiger charge is -2.21. The molecule has 182 valence electrons. The van der Waals surface area contributed by atoms with E-state index in [1.54, 1.807) is 11.8 Å². The van der Waals surface area contributed by atoms with Crippen molar-refractivity contribution in [3.05, 3.63) is 53.1 Å². The van der Waals surface area contributed by atoms with Gasteiger partial charge in [0.1, 0.15) is 17.6 Å². The standard InChI is InChI=1S/C23H26FN3O4S3/c1-3-31-17-8-11-19-21(15-17)33-23(26(19)13-14-32-2)25-22(28)20-5-4-12-27(20)34(29,30)18-9-6-16(24)7-10-18/h6-11,15,20H,3-5,12-14H2,1-2H3. The molecule has 3 aromatic rings. The number of carbonyl (C=O) groups is 1. The van der Waals surface area contributed by atoms with Crippen molar-refractivity contribution in [2.75, 3.05) is 25.2 Å². The van der Waals surface area contributed by atoms with Gasteiger partial charge in [0.05, 0.1) is 21.7 Å². The van der Waals surface area contributed by atoms with E-state index in [0.29, 0.717) is 30.8 Å². The lowest BCUT2D eigenvalue weighted by molar-refractivity contribution is -0.121. The van der Waals surface area contributed by atoms with E-state index in [1.807, 2.05) is 35.9 Å². The number of thiazole rings is 1. The monoisotopic (exact) mass is 523 g/mol. The number of hydrogen-bond donors (Lipinski definition) is 0. The van der Waals surface area contributed by atoms with Crippen molar-refractivity contribution in [3.8, 4) is 5.75 Å². The van der Waals surface area contributed by atoms with E-state index in [4.69, 9.17) is 4.74 Å². The van der Waals surface area contributed by atoms with Crippen molar-refractivity contribution in [1.29, 1.82) is 0 Å². The lowest BCUT2D eigenvalue weighted by Crippen LogP contribution is -2.40. The molecule has 1 saturated heterocycles. The maximum Gasteiger partial charge on any atom is 0.266 e. The number of fused-ring (bicyclic) bond motifs is 1. The average Bonchev–Trinajstić information content (AvgIpc) is 3.43. The summed E-state index contributed by atoms with van der Waals surface area (Å²) >= 11 is 3.08. The number of amides is 1. The number of ether oxygens (including phenoxy) is 1. The quantitative estimate of drug-likeness (QED) is 0.448. The summed E-state index contributed by atoms with van der Waals surface area (Å²) in [5.41, 5.74) is 0.955. The van der Waals surface area contributed by atoms with Gasteiger partial charge >= 0.3 is 0 Å². The molecule has 1 aliphatic rings. The van der Waals surface area contributed by atoms with Crippen LogP contribution in [0.3, 0.4) is 0 Å². The number of halogens is 1. The van der Waals surface area contributed by atoms with Crippen molar-refractivity contribution in [2.45, 2.75) is 37.2 Å². The minimum absolute atomic E-state index is 0.0334. The Morgan fingerprint density at radius 3 is 2.74 bits per heavy atom. The van der Waals surface area contributed by atoms with Crippen LogP contribution in [0.1, 0.15) is 19.8 Å². The Hall–Kier alpha value is -2.21. The molecule has 1 fully saturated rings. The fraction of sp³-hybridized carbons (Fsp3) is 0.391. The van der Waals surface area contributed by atoms with Crippen LogP contribution in [0.2, 0.25) is 0 Å². The van der Waals surface area contributed by atoms with Crippen LogP contribution in [0.15, 0.2) is 52.4 Å². The number of thioether (sulfide) groups is 1. The highest BCUT2D eigenvalue weighted by atomic mass is 32.2. The summed E-state index contributed by atoms with van der Waals surface area (Å²) in [5, 5.41) is 0. The molecule has 1 atom stereocenters. The molecule has 2 aromatic carbocycles. The maximum atomic E-state index is 13.3. The summed E-state index contributed by atoms with van der Waals surface area (Å²) < 4.78 is 49.3. The second kappa shape index (κ2) is 10.6. The molecule has 0 saturated carbocycles. The van der Waals surface area contributed by atoms with Crippen LogP contribution in [0, 0.1) is 5.82 Å². The molecule has 0 bridgehead atoms. The van der Waals surface area contributed by atoms with Crippen LogP contribution in [0.5, 0.6) is 5.75 Å². The van der Waals surface area contributed by atoms with Crippen molar-refractivity contribution >= 4 is 49.2 Å². The van der Waals surface area contributed by atoms with Gasteiger partial charge in [0.2, 0.25) is 10.0 Å². The first-order chi connectivity index (χ1) is 16.3. The molecule has 11 heteroatoms. The molecule has 2 heterocycles. The molecule has 1 amide bonds. The Bertz CT molecular complexity index is 1350. The second-order valence-corrected chi connectivity index (χ2v) is 11.7. The van der Waals surface area contributed by atoms with Gasteiger partial charge in [-0.15, -0.1) is 0 Å². The molecule has 34 heavy (non-hydrogen) atoms. The zero-order valence-corrected chi connectivity index (χ0v) is 21.4. The number of carbonyl (C=O) groups excluding carboxylic acids is 1. The van der Waals surface area contributed by atoms with Crippen LogP contribution in [-0.4, -0.2) is 54.4 Å². The molecule has 0 N–H and O–H groups in total. The maximum absolute atomic E-state index is 13.3. The Kier molecular flexibility index (Phi) is 7.76. The normalized spacial score (nSPS) is 17.5. The number of benzene rings is 2. The van der Waals surface area contributed by atoms with E-state index in [2.05, 4.69) is 4.99 Å². The van der Waals surface area contributed by atoms with Gasteiger partial charge < -0.3 is 9.30 Å². The number of rotatable bonds is 8. The third-order valence-corrected chi connectivity index (χ3v) is 9.15. The van der Waals surface area contributed by atoms with Gasteiger partial charge in [-0.3, -0.25) is 4.79 Å². The number of aryl methyl sites for hydroxylation is 1. The molecular weight excluding hydrogens is 497 g/mol. The Labute approximate surface area is 206 Å². The van der Waals surface area contributed by atoms with Crippen molar-refractivity contribution in [2.24, 2.45) is 4.99 Å². The van der Waals surface area contributed by atoms with Crippen LogP contribution >= 0.6 is 23.1 Å². The predicted molar refractivity (Wildman–Crippen MR) is 133 cm³/mol. The van der Waals surface area contributed by atoms with E-state index >= 15 is 0 Å². The van der Waals surface area contributed by atoms with Gasteiger partial charge in [-0.05, 0) is 68.5 Å². The zero-order valence-electron chi connectivity index (χ0n) is 18.9. The molecule has 1 unspecified atom stereocenters. The molecule has 0 aliphatic carbocycles. The molecule has 1 aromatic heterocycles. The van der Waals surface area contributed by atoms with Crippen LogP contribution < -0.4 is 9.54 Å². The third-order valence-electron chi connectivity index (χ3n) is 5.60. The molecule has 4 rings (SSSR count). The highest BCUT2D eigenvalue weighted by Crippen LogP contribution is 2.28. The van der Waals surface area contributed by atoms with Gasteiger partial charge in [0.15, 0.2) is 4.80 Å². The van der Waals surface area contributed by atoms with Crippen LogP contribution in [-0.2, 0) is 21.4 Å². The first-order valence-electron chi connectivity index (χ1n) is 11.0. The predicted octanol–water partition coefficient (Wildman–Crippen LogP) is 3.88. The number of nitrogens with zero attached hydrogens (tertiary/aromatic N) is 3. The van der Waals surface area contributed by atoms with Gasteiger partial charge in [0, 0.05) is 18.8 Å². The highest BCUT2D eigenvalue weighted by Gasteiger charge is 2.39.